The lowest BCUT2D eigenvalue weighted by molar-refractivity contribution is -0.305. The molecule has 48 heavy (non-hydrogen) atoms. The summed E-state index contributed by atoms with van der Waals surface area (Å²) in [5.41, 5.74) is -2.39. The minimum absolute atomic E-state index is 0.00598. The second-order valence-electron chi connectivity index (χ2n) is 15.1. The molecule has 3 fully saturated rings. The zero-order valence-corrected chi connectivity index (χ0v) is 30.7. The van der Waals surface area contributed by atoms with Crippen molar-refractivity contribution >= 4 is 11.9 Å². The van der Waals surface area contributed by atoms with E-state index >= 15 is 0 Å². The zero-order valence-electron chi connectivity index (χ0n) is 30.7. The van der Waals surface area contributed by atoms with Crippen molar-refractivity contribution < 1.29 is 48.2 Å². The standard InChI is InChI=1S/C35H60N2O11/c1-13-26-35(10,41)31-21(5)27(36-42)19(3)15-34(9,44-17-18(2)16-43-31)30(22(6)28(39)23(7)32(40)47-26)48-33-29(46-24(8)38)25(37(11)12)14-20(4)45-33/h19-23,25-31,33,39,41H,2,13-17H2,1,3-12H3/t19-,20-,21+,22+,23-,25+,26-,27?,28+,29-,30-,31-,33+,34-,35-/m1/s1. The van der Waals surface area contributed by atoms with Crippen LogP contribution < -0.4 is 0 Å². The van der Waals surface area contributed by atoms with Gasteiger partial charge in [0.15, 0.2) is 12.4 Å². The number of hydrogen-bond donors (Lipinski definition) is 2. The Labute approximate surface area is 285 Å². The number of aliphatic hydroxyl groups is 2. The van der Waals surface area contributed by atoms with Crippen molar-refractivity contribution in [2.45, 2.75) is 148 Å². The summed E-state index contributed by atoms with van der Waals surface area (Å²) in [6.07, 6.45) is -5.36. The largest absolute Gasteiger partial charge is 0.459 e. The summed E-state index contributed by atoms with van der Waals surface area (Å²) < 4.78 is 37.9. The fourth-order valence-corrected chi connectivity index (χ4v) is 8.03. The predicted molar refractivity (Wildman–Crippen MR) is 178 cm³/mol. The molecule has 3 aliphatic rings. The number of rotatable bonds is 6. The second kappa shape index (κ2) is 16.3. The topological polar surface area (TPSA) is 163 Å². The van der Waals surface area contributed by atoms with Gasteiger partial charge in [0.05, 0.1) is 61.2 Å². The number of esters is 2. The summed E-state index contributed by atoms with van der Waals surface area (Å²) in [5.74, 6) is -4.08. The second-order valence-corrected chi connectivity index (χ2v) is 15.1. The molecule has 0 aromatic rings. The highest BCUT2D eigenvalue weighted by molar-refractivity contribution is 5.73. The van der Waals surface area contributed by atoms with Gasteiger partial charge in [0, 0.05) is 18.8 Å². The molecule has 15 atom stereocenters. The Morgan fingerprint density at radius 3 is 2.33 bits per heavy atom. The van der Waals surface area contributed by atoms with Crippen LogP contribution in [0.1, 0.15) is 81.6 Å². The fourth-order valence-electron chi connectivity index (χ4n) is 8.03. The van der Waals surface area contributed by atoms with Crippen molar-refractivity contribution in [1.82, 2.24) is 4.90 Å². The number of nitrogens with zero attached hydrogens (tertiary/aromatic N) is 2. The third-order valence-electron chi connectivity index (χ3n) is 10.7. The van der Waals surface area contributed by atoms with Crippen LogP contribution in [-0.4, -0.2) is 121 Å². The van der Waals surface area contributed by atoms with E-state index in [1.54, 1.807) is 27.7 Å². The van der Waals surface area contributed by atoms with Crippen molar-refractivity contribution in [1.29, 1.82) is 0 Å². The van der Waals surface area contributed by atoms with E-state index in [2.05, 4.69) is 11.8 Å². The van der Waals surface area contributed by atoms with Crippen LogP contribution in [0.2, 0.25) is 0 Å². The van der Waals surface area contributed by atoms with Crippen LogP contribution in [0, 0.1) is 28.6 Å². The van der Waals surface area contributed by atoms with E-state index in [0.717, 1.165) is 0 Å². The van der Waals surface area contributed by atoms with E-state index in [1.807, 2.05) is 39.8 Å². The number of nitroso groups, excluding NO2 is 1. The lowest BCUT2D eigenvalue weighted by atomic mass is 9.72. The van der Waals surface area contributed by atoms with Gasteiger partial charge in [-0.2, -0.15) is 4.91 Å². The molecule has 276 valence electrons. The van der Waals surface area contributed by atoms with E-state index in [1.165, 1.54) is 13.8 Å². The molecule has 1 unspecified atom stereocenters. The van der Waals surface area contributed by atoms with Crippen molar-refractivity contribution in [2.24, 2.45) is 28.8 Å². The molecule has 13 nitrogen and oxygen atoms in total. The summed E-state index contributed by atoms with van der Waals surface area (Å²) in [4.78, 5) is 40.6. The van der Waals surface area contributed by atoms with Gasteiger partial charge >= 0.3 is 11.9 Å². The molecule has 3 rings (SSSR count). The Balaban J connectivity index is 2.25. The number of carbonyl (C=O) groups is 2. The highest BCUT2D eigenvalue weighted by Crippen LogP contribution is 2.42. The van der Waals surface area contributed by atoms with Crippen LogP contribution in [0.3, 0.4) is 0 Å². The average molecular weight is 685 g/mol. The molecule has 0 amide bonds. The van der Waals surface area contributed by atoms with Gasteiger partial charge in [-0.05, 0) is 72.5 Å². The normalized spacial score (nSPS) is 45.3. The lowest BCUT2D eigenvalue weighted by Crippen LogP contribution is -2.61. The van der Waals surface area contributed by atoms with Crippen LogP contribution in [0.5, 0.6) is 0 Å². The number of carbonyl (C=O) groups excluding carboxylic acids is 2. The van der Waals surface area contributed by atoms with Gasteiger partial charge in [0.2, 0.25) is 0 Å². The Kier molecular flexibility index (Phi) is 13.8. The fraction of sp³-hybridized carbons (Fsp3) is 0.886. The third kappa shape index (κ3) is 8.83. The zero-order chi connectivity index (χ0) is 36.3. The van der Waals surface area contributed by atoms with E-state index in [-0.39, 0.29) is 38.2 Å². The first-order valence-electron chi connectivity index (χ1n) is 17.3. The molecular formula is C35H60N2O11. The van der Waals surface area contributed by atoms with E-state index in [0.29, 0.717) is 12.0 Å². The molecule has 0 radical (unpaired) electrons. The highest BCUT2D eigenvalue weighted by atomic mass is 16.7. The third-order valence-corrected chi connectivity index (χ3v) is 10.7. The van der Waals surface area contributed by atoms with E-state index < -0.39 is 89.7 Å². The highest BCUT2D eigenvalue weighted by Gasteiger charge is 2.54. The Morgan fingerprint density at radius 2 is 1.77 bits per heavy atom. The van der Waals surface area contributed by atoms with Gasteiger partial charge in [0.1, 0.15) is 11.7 Å². The van der Waals surface area contributed by atoms with Gasteiger partial charge in [0.25, 0.3) is 0 Å². The van der Waals surface area contributed by atoms with Gasteiger partial charge < -0.3 is 43.5 Å². The number of cyclic esters (lactones) is 1. The molecule has 3 saturated heterocycles. The van der Waals surface area contributed by atoms with Crippen LogP contribution in [0.25, 0.3) is 0 Å². The summed E-state index contributed by atoms with van der Waals surface area (Å²) in [5, 5.41) is 27.4. The van der Waals surface area contributed by atoms with Crippen LogP contribution in [0.15, 0.2) is 17.3 Å². The van der Waals surface area contributed by atoms with Crippen LogP contribution >= 0.6 is 0 Å². The number of likely N-dealkylation sites (N-methyl/N-ethyl adjacent to an activating group) is 1. The quantitative estimate of drug-likeness (QED) is 0.238. The molecule has 2 N–H and O–H groups in total. The number of aliphatic hydroxyl groups excluding tert-OH is 1. The minimum atomic E-state index is -1.72. The first-order chi connectivity index (χ1) is 22.3. The van der Waals surface area contributed by atoms with E-state index in [4.69, 9.17) is 28.4 Å². The molecule has 0 aromatic carbocycles. The maximum absolute atomic E-state index is 13.7. The van der Waals surface area contributed by atoms with Gasteiger partial charge in [-0.25, -0.2) is 0 Å². The minimum Gasteiger partial charge on any atom is -0.459 e. The van der Waals surface area contributed by atoms with Crippen LogP contribution in [0.4, 0.5) is 0 Å². The number of ether oxygens (including phenoxy) is 6. The van der Waals surface area contributed by atoms with Crippen LogP contribution in [-0.2, 0) is 38.0 Å². The predicted octanol–water partition coefficient (Wildman–Crippen LogP) is 3.62. The van der Waals surface area contributed by atoms with Crippen molar-refractivity contribution in [2.75, 3.05) is 27.3 Å². The van der Waals surface area contributed by atoms with Crippen molar-refractivity contribution in [3.63, 3.8) is 0 Å². The summed E-state index contributed by atoms with van der Waals surface area (Å²) >= 11 is 0. The molecule has 13 heteroatoms. The first kappa shape index (κ1) is 40.4. The van der Waals surface area contributed by atoms with Gasteiger partial charge in [-0.15, -0.1) is 0 Å². The maximum Gasteiger partial charge on any atom is 0.311 e. The molecule has 3 aliphatic heterocycles. The number of fused-ring (bicyclic) bond motifs is 5. The van der Waals surface area contributed by atoms with E-state index in [9.17, 15) is 24.7 Å². The Morgan fingerprint density at radius 1 is 1.12 bits per heavy atom. The number of hydrogen-bond acceptors (Lipinski definition) is 13. The average Bonchev–Trinajstić information content (AvgIpc) is 3.01. The monoisotopic (exact) mass is 684 g/mol. The first-order valence-corrected chi connectivity index (χ1v) is 17.3. The summed E-state index contributed by atoms with van der Waals surface area (Å²) in [7, 11) is 3.78. The Bertz CT molecular complexity index is 1130. The molecule has 0 saturated carbocycles. The van der Waals surface area contributed by atoms with Crippen molar-refractivity contribution in [3.8, 4) is 0 Å². The molecule has 0 spiro atoms. The van der Waals surface area contributed by atoms with Gasteiger partial charge in [-0.1, -0.05) is 39.5 Å². The SMILES string of the molecule is C=C1CO[C@@H]2[C@@H](C)C(N=O)[C@H](C)C[C@@](C)(OC1)[C@H](O[C@@H]1O[C@H](C)C[C@H](N(C)C)[C@H]1OC(C)=O)[C@@H](C)[C@H](O)[C@@H](C)C(=O)O[C@H](CC)[C@@]2(C)O. The summed E-state index contributed by atoms with van der Waals surface area (Å²) in [6, 6.07) is -1.10. The molecule has 0 aromatic heterocycles. The molecule has 3 heterocycles. The summed E-state index contributed by atoms with van der Waals surface area (Å²) in [6.45, 7) is 19.6. The van der Waals surface area contributed by atoms with Crippen molar-refractivity contribution in [3.05, 3.63) is 17.1 Å². The smallest absolute Gasteiger partial charge is 0.311 e. The molecule has 2 bridgehead atoms. The Hall–Kier alpha value is -2.00. The lowest BCUT2D eigenvalue weighted by Gasteiger charge is -2.49. The molecular weight excluding hydrogens is 624 g/mol. The molecule has 0 aliphatic carbocycles. The maximum atomic E-state index is 13.7. The van der Waals surface area contributed by atoms with Gasteiger partial charge in [-0.3, -0.25) is 9.59 Å².